The molecule has 0 fully saturated rings. The maximum Gasteiger partial charge on any atom is 0.325 e. The molecule has 23 heavy (non-hydrogen) atoms. The van der Waals surface area contributed by atoms with Crippen LogP contribution in [0.1, 0.15) is 31.7 Å². The summed E-state index contributed by atoms with van der Waals surface area (Å²) in [7, 11) is 2.80. The van der Waals surface area contributed by atoms with Crippen molar-refractivity contribution in [3.05, 3.63) is 35.9 Å². The van der Waals surface area contributed by atoms with Crippen LogP contribution in [0, 0.1) is 0 Å². The molecule has 6 heteroatoms. The van der Waals surface area contributed by atoms with Crippen molar-refractivity contribution in [2.45, 2.75) is 37.9 Å². The van der Waals surface area contributed by atoms with Crippen molar-refractivity contribution in [1.82, 2.24) is 10.6 Å². The van der Waals surface area contributed by atoms with Gasteiger partial charge in [0.15, 0.2) is 0 Å². The highest BCUT2D eigenvalue weighted by molar-refractivity contribution is 5.84. The molecule has 0 aliphatic heterocycles. The van der Waals surface area contributed by atoms with Gasteiger partial charge >= 0.3 is 5.97 Å². The zero-order valence-corrected chi connectivity index (χ0v) is 14.1. The predicted molar refractivity (Wildman–Crippen MR) is 86.9 cm³/mol. The lowest BCUT2D eigenvalue weighted by atomic mass is 9.91. The molecule has 1 rings (SSSR count). The van der Waals surface area contributed by atoms with E-state index in [1.54, 1.807) is 38.1 Å². The van der Waals surface area contributed by atoms with Crippen LogP contribution in [-0.2, 0) is 14.3 Å². The van der Waals surface area contributed by atoms with Gasteiger partial charge in [-0.25, -0.2) is 4.39 Å². The summed E-state index contributed by atoms with van der Waals surface area (Å²) in [5, 5.41) is 5.46. The number of alkyl halides is 1. The normalized spacial score (nSPS) is 14.0. The van der Waals surface area contributed by atoms with Crippen LogP contribution in [0.4, 0.5) is 4.39 Å². The minimum Gasteiger partial charge on any atom is -0.468 e. The van der Waals surface area contributed by atoms with Gasteiger partial charge in [-0.1, -0.05) is 30.3 Å². The van der Waals surface area contributed by atoms with E-state index in [1.165, 1.54) is 14.2 Å². The SMILES string of the molecule is CNC(=O)C(c1ccccc1)C(F)CCNC(C)(C)C(=O)OC. The second kappa shape index (κ2) is 8.62. The highest BCUT2D eigenvalue weighted by Crippen LogP contribution is 2.24. The highest BCUT2D eigenvalue weighted by atomic mass is 19.1. The number of methoxy groups -OCH3 is 1. The second-order valence-electron chi connectivity index (χ2n) is 5.85. The number of hydrogen-bond donors (Lipinski definition) is 2. The molecule has 5 nitrogen and oxygen atoms in total. The van der Waals surface area contributed by atoms with E-state index in [0.29, 0.717) is 5.56 Å². The first-order valence-corrected chi connectivity index (χ1v) is 7.57. The average Bonchev–Trinajstić information content (AvgIpc) is 2.54. The molecule has 0 heterocycles. The highest BCUT2D eigenvalue weighted by Gasteiger charge is 2.31. The molecule has 2 unspecified atom stereocenters. The maximum atomic E-state index is 14.6. The van der Waals surface area contributed by atoms with Crippen molar-refractivity contribution < 1.29 is 18.7 Å². The zero-order valence-electron chi connectivity index (χ0n) is 14.1. The van der Waals surface area contributed by atoms with Crippen LogP contribution < -0.4 is 10.6 Å². The number of likely N-dealkylation sites (N-methyl/N-ethyl adjacent to an activating group) is 1. The van der Waals surface area contributed by atoms with Gasteiger partial charge in [0.2, 0.25) is 5.91 Å². The summed E-state index contributed by atoms with van der Waals surface area (Å²) < 4.78 is 19.3. The van der Waals surface area contributed by atoms with Gasteiger partial charge < -0.3 is 15.4 Å². The Morgan fingerprint density at radius 1 is 1.26 bits per heavy atom. The van der Waals surface area contributed by atoms with Crippen molar-refractivity contribution in [3.8, 4) is 0 Å². The molecule has 0 saturated heterocycles. The third-order valence-electron chi connectivity index (χ3n) is 3.73. The predicted octanol–water partition coefficient (Wildman–Crippen LogP) is 1.79. The zero-order chi connectivity index (χ0) is 17.5. The van der Waals surface area contributed by atoms with Crippen LogP contribution in [0.3, 0.4) is 0 Å². The molecule has 0 bridgehead atoms. The summed E-state index contributed by atoms with van der Waals surface area (Å²) in [4.78, 5) is 23.6. The Morgan fingerprint density at radius 2 is 1.87 bits per heavy atom. The van der Waals surface area contributed by atoms with Crippen molar-refractivity contribution in [1.29, 1.82) is 0 Å². The third-order valence-corrected chi connectivity index (χ3v) is 3.73. The Kier molecular flexibility index (Phi) is 7.16. The summed E-state index contributed by atoms with van der Waals surface area (Å²) in [6.07, 6.45) is -1.26. The maximum absolute atomic E-state index is 14.6. The minimum absolute atomic E-state index is 0.105. The number of esters is 1. The summed E-state index contributed by atoms with van der Waals surface area (Å²) >= 11 is 0. The average molecular weight is 324 g/mol. The Hall–Kier alpha value is -1.95. The first kappa shape index (κ1) is 19.1. The number of amides is 1. The van der Waals surface area contributed by atoms with E-state index in [-0.39, 0.29) is 18.9 Å². The van der Waals surface area contributed by atoms with Gasteiger partial charge in [-0.3, -0.25) is 9.59 Å². The lowest BCUT2D eigenvalue weighted by Crippen LogP contribution is -2.48. The number of ether oxygens (including phenoxy) is 1. The number of carbonyl (C=O) groups is 2. The standard InChI is InChI=1S/C17H25FN2O3/c1-17(2,16(22)23-4)20-11-10-13(18)14(15(21)19-3)12-8-6-5-7-9-12/h5-9,13-14,20H,10-11H2,1-4H3,(H,19,21). The molecule has 0 aliphatic rings. The first-order valence-electron chi connectivity index (χ1n) is 7.57. The van der Waals surface area contributed by atoms with Crippen LogP contribution in [0.2, 0.25) is 0 Å². The van der Waals surface area contributed by atoms with Gasteiger partial charge in [-0.15, -0.1) is 0 Å². The molecule has 128 valence electrons. The molecular weight excluding hydrogens is 299 g/mol. The van der Waals surface area contributed by atoms with Gasteiger partial charge in [-0.2, -0.15) is 0 Å². The van der Waals surface area contributed by atoms with E-state index >= 15 is 0 Å². The lowest BCUT2D eigenvalue weighted by Gasteiger charge is -2.25. The molecule has 1 aromatic carbocycles. The molecule has 1 aromatic rings. The molecule has 0 spiro atoms. The number of rotatable bonds is 8. The third kappa shape index (κ3) is 5.32. The lowest BCUT2D eigenvalue weighted by molar-refractivity contribution is -0.147. The van der Waals surface area contributed by atoms with Gasteiger partial charge in [0.1, 0.15) is 11.7 Å². The Bertz CT molecular complexity index is 520. The Labute approximate surface area is 136 Å². The largest absolute Gasteiger partial charge is 0.468 e. The van der Waals surface area contributed by atoms with E-state index < -0.39 is 23.6 Å². The number of nitrogens with one attached hydrogen (secondary N) is 2. The topological polar surface area (TPSA) is 67.4 Å². The Balaban J connectivity index is 2.71. The molecule has 2 atom stereocenters. The van der Waals surface area contributed by atoms with Crippen LogP contribution in [-0.4, -0.2) is 44.3 Å². The summed E-state index contributed by atoms with van der Waals surface area (Å²) in [5.41, 5.74) is -0.268. The van der Waals surface area contributed by atoms with Gasteiger partial charge in [0, 0.05) is 7.05 Å². The smallest absolute Gasteiger partial charge is 0.325 e. The molecular formula is C17H25FN2O3. The van der Waals surface area contributed by atoms with Gasteiger partial charge in [0.05, 0.1) is 13.0 Å². The molecule has 0 radical (unpaired) electrons. The van der Waals surface area contributed by atoms with Crippen molar-refractivity contribution in [2.24, 2.45) is 0 Å². The molecule has 1 amide bonds. The van der Waals surface area contributed by atoms with Crippen molar-refractivity contribution in [2.75, 3.05) is 20.7 Å². The summed E-state index contributed by atoms with van der Waals surface area (Å²) in [6, 6.07) is 8.84. The molecule has 0 aliphatic carbocycles. The van der Waals surface area contributed by atoms with Gasteiger partial charge in [-0.05, 0) is 32.4 Å². The first-order chi connectivity index (χ1) is 10.8. The van der Waals surface area contributed by atoms with Crippen molar-refractivity contribution >= 4 is 11.9 Å². The molecule has 0 saturated carbocycles. The van der Waals surface area contributed by atoms with Crippen LogP contribution in [0.15, 0.2) is 30.3 Å². The second-order valence-corrected chi connectivity index (χ2v) is 5.85. The van der Waals surface area contributed by atoms with Crippen LogP contribution >= 0.6 is 0 Å². The quantitative estimate of drug-likeness (QED) is 0.716. The molecule has 0 aromatic heterocycles. The number of hydrogen-bond acceptors (Lipinski definition) is 4. The van der Waals surface area contributed by atoms with E-state index in [1.807, 2.05) is 6.07 Å². The van der Waals surface area contributed by atoms with Crippen LogP contribution in [0.5, 0.6) is 0 Å². The van der Waals surface area contributed by atoms with Crippen LogP contribution in [0.25, 0.3) is 0 Å². The van der Waals surface area contributed by atoms with Crippen molar-refractivity contribution in [3.63, 3.8) is 0 Å². The van der Waals surface area contributed by atoms with E-state index in [9.17, 15) is 14.0 Å². The van der Waals surface area contributed by atoms with E-state index in [0.717, 1.165) is 0 Å². The number of carbonyl (C=O) groups excluding carboxylic acids is 2. The Morgan fingerprint density at radius 3 is 2.39 bits per heavy atom. The van der Waals surface area contributed by atoms with E-state index in [4.69, 9.17) is 0 Å². The fourth-order valence-corrected chi connectivity index (χ4v) is 2.36. The molecule has 2 N–H and O–H groups in total. The van der Waals surface area contributed by atoms with E-state index in [2.05, 4.69) is 15.4 Å². The van der Waals surface area contributed by atoms with Gasteiger partial charge in [0.25, 0.3) is 0 Å². The summed E-state index contributed by atoms with van der Waals surface area (Å²) in [6.45, 7) is 3.59. The number of benzene rings is 1. The number of halogens is 1. The fraction of sp³-hybridized carbons (Fsp3) is 0.529. The summed E-state index contributed by atoms with van der Waals surface area (Å²) in [5.74, 6) is -1.65. The fourth-order valence-electron chi connectivity index (χ4n) is 2.36. The minimum atomic E-state index is -1.36. The monoisotopic (exact) mass is 324 g/mol.